The van der Waals surface area contributed by atoms with Crippen molar-refractivity contribution in [3.05, 3.63) is 33.1 Å². The van der Waals surface area contributed by atoms with Gasteiger partial charge in [-0.1, -0.05) is 12.1 Å². The van der Waals surface area contributed by atoms with E-state index < -0.39 is 0 Å². The van der Waals surface area contributed by atoms with Crippen LogP contribution in [0.5, 0.6) is 0 Å². The molecule has 0 saturated carbocycles. The number of rotatable bonds is 4. The van der Waals surface area contributed by atoms with Crippen LogP contribution in [-0.4, -0.2) is 27.5 Å². The molecule has 6 heteroatoms. The Labute approximate surface area is 134 Å². The lowest BCUT2D eigenvalue weighted by Gasteiger charge is -2.24. The van der Waals surface area contributed by atoms with Gasteiger partial charge in [0.25, 0.3) is 5.91 Å². The second-order valence-electron chi connectivity index (χ2n) is 5.77. The summed E-state index contributed by atoms with van der Waals surface area (Å²) in [5, 5.41) is 6.95. The summed E-state index contributed by atoms with van der Waals surface area (Å²) in [4.78, 5) is 19.2. The Balaban J connectivity index is 1.84. The van der Waals surface area contributed by atoms with Crippen LogP contribution in [0, 0.1) is 13.8 Å². The van der Waals surface area contributed by atoms with Gasteiger partial charge in [0.15, 0.2) is 0 Å². The number of nitrogens with zero attached hydrogens (tertiary/aromatic N) is 3. The summed E-state index contributed by atoms with van der Waals surface area (Å²) in [6, 6.07) is 0.0649. The van der Waals surface area contributed by atoms with Gasteiger partial charge in [0.05, 0.1) is 16.7 Å². The van der Waals surface area contributed by atoms with E-state index in [1.54, 1.807) is 11.3 Å². The van der Waals surface area contributed by atoms with Crippen molar-refractivity contribution < 1.29 is 9.32 Å². The summed E-state index contributed by atoms with van der Waals surface area (Å²) in [6.45, 7) is 6.75. The van der Waals surface area contributed by atoms with Gasteiger partial charge in [-0.25, -0.2) is 4.98 Å². The van der Waals surface area contributed by atoms with Crippen LogP contribution >= 0.6 is 11.3 Å². The van der Waals surface area contributed by atoms with Crippen LogP contribution in [0.1, 0.15) is 64.7 Å². The summed E-state index contributed by atoms with van der Waals surface area (Å²) in [6.07, 6.45) is 3.95. The van der Waals surface area contributed by atoms with Gasteiger partial charge in [-0.3, -0.25) is 4.79 Å². The maximum Gasteiger partial charge on any atom is 0.273 e. The van der Waals surface area contributed by atoms with Gasteiger partial charge in [-0.2, -0.15) is 0 Å². The van der Waals surface area contributed by atoms with E-state index in [0.717, 1.165) is 54.3 Å². The molecule has 1 amide bonds. The van der Waals surface area contributed by atoms with Crippen molar-refractivity contribution in [2.75, 3.05) is 6.54 Å². The predicted octanol–water partition coefficient (Wildman–Crippen LogP) is 3.68. The number of aryl methyl sites for hydroxylation is 3. The summed E-state index contributed by atoms with van der Waals surface area (Å²) in [5.74, 6) is 0.841. The highest BCUT2D eigenvalue weighted by Crippen LogP contribution is 2.36. The minimum atomic E-state index is 0.0288. The zero-order valence-corrected chi connectivity index (χ0v) is 14.1. The van der Waals surface area contributed by atoms with Crippen LogP contribution in [-0.2, 0) is 6.42 Å². The molecule has 1 atom stereocenters. The monoisotopic (exact) mass is 319 g/mol. The second kappa shape index (κ2) is 6.20. The molecule has 3 heterocycles. The standard InChI is InChI=1S/C16H21N3O2S/c1-4-6-14-17-12(9-22-14)16(20)19-8-5-7-13(19)15-10(2)18-21-11(15)3/h9,13H,4-8H2,1-3H3/t13-/m1/s1. The fourth-order valence-corrected chi connectivity index (χ4v) is 4.03. The van der Waals surface area contributed by atoms with Crippen LogP contribution in [0.4, 0.5) is 0 Å². The van der Waals surface area contributed by atoms with Crippen molar-refractivity contribution >= 4 is 17.2 Å². The smallest absolute Gasteiger partial charge is 0.273 e. The molecule has 0 unspecified atom stereocenters. The van der Waals surface area contributed by atoms with E-state index in [1.807, 2.05) is 24.1 Å². The van der Waals surface area contributed by atoms with Crippen LogP contribution < -0.4 is 0 Å². The van der Waals surface area contributed by atoms with E-state index in [9.17, 15) is 4.79 Å². The van der Waals surface area contributed by atoms with Crippen molar-refractivity contribution in [2.45, 2.75) is 52.5 Å². The summed E-state index contributed by atoms with van der Waals surface area (Å²) < 4.78 is 5.28. The first-order chi connectivity index (χ1) is 10.6. The summed E-state index contributed by atoms with van der Waals surface area (Å²) >= 11 is 1.58. The normalized spacial score (nSPS) is 18.1. The van der Waals surface area contributed by atoms with Gasteiger partial charge >= 0.3 is 0 Å². The zero-order valence-electron chi connectivity index (χ0n) is 13.3. The molecule has 1 fully saturated rings. The largest absolute Gasteiger partial charge is 0.361 e. The Morgan fingerprint density at radius 3 is 3.00 bits per heavy atom. The molecule has 2 aromatic heterocycles. The number of amides is 1. The maximum atomic E-state index is 12.8. The van der Waals surface area contributed by atoms with Gasteiger partial charge in [-0.15, -0.1) is 11.3 Å². The Morgan fingerprint density at radius 2 is 2.32 bits per heavy atom. The Hall–Kier alpha value is -1.69. The number of thiazole rings is 1. The molecule has 5 nitrogen and oxygen atoms in total. The lowest BCUT2D eigenvalue weighted by molar-refractivity contribution is 0.0729. The van der Waals surface area contributed by atoms with Crippen molar-refractivity contribution in [2.24, 2.45) is 0 Å². The van der Waals surface area contributed by atoms with Crippen molar-refractivity contribution in [3.63, 3.8) is 0 Å². The predicted molar refractivity (Wildman–Crippen MR) is 85.1 cm³/mol. The number of carbonyl (C=O) groups is 1. The minimum Gasteiger partial charge on any atom is -0.361 e. The Kier molecular flexibility index (Phi) is 4.29. The molecule has 0 aromatic carbocycles. The van der Waals surface area contributed by atoms with Gasteiger partial charge < -0.3 is 9.42 Å². The summed E-state index contributed by atoms with van der Waals surface area (Å²) in [5.41, 5.74) is 2.52. The van der Waals surface area contributed by atoms with E-state index in [4.69, 9.17) is 4.52 Å². The van der Waals surface area contributed by atoms with E-state index in [2.05, 4.69) is 17.1 Å². The van der Waals surface area contributed by atoms with E-state index >= 15 is 0 Å². The van der Waals surface area contributed by atoms with Crippen molar-refractivity contribution in [1.82, 2.24) is 15.0 Å². The number of aromatic nitrogens is 2. The molecular weight excluding hydrogens is 298 g/mol. The zero-order chi connectivity index (χ0) is 15.7. The van der Waals surface area contributed by atoms with Gasteiger partial charge in [0.2, 0.25) is 0 Å². The topological polar surface area (TPSA) is 59.2 Å². The molecule has 1 aliphatic heterocycles. The second-order valence-corrected chi connectivity index (χ2v) is 6.71. The number of carbonyl (C=O) groups excluding carboxylic acids is 1. The molecule has 2 aromatic rings. The SMILES string of the molecule is CCCc1nc(C(=O)N2CCC[C@@H]2c2c(C)noc2C)cs1. The Morgan fingerprint density at radius 1 is 1.50 bits per heavy atom. The molecule has 0 radical (unpaired) electrons. The quantitative estimate of drug-likeness (QED) is 0.862. The van der Waals surface area contributed by atoms with Crippen molar-refractivity contribution in [3.8, 4) is 0 Å². The van der Waals surface area contributed by atoms with Crippen LogP contribution in [0.15, 0.2) is 9.90 Å². The van der Waals surface area contributed by atoms with E-state index in [1.165, 1.54) is 0 Å². The lowest BCUT2D eigenvalue weighted by Crippen LogP contribution is -2.31. The lowest BCUT2D eigenvalue weighted by atomic mass is 10.0. The van der Waals surface area contributed by atoms with E-state index in [0.29, 0.717) is 5.69 Å². The Bertz CT molecular complexity index is 657. The highest BCUT2D eigenvalue weighted by atomic mass is 32.1. The third-order valence-corrected chi connectivity index (χ3v) is 5.08. The average Bonchev–Trinajstić information content (AvgIpc) is 3.20. The van der Waals surface area contributed by atoms with Crippen LogP contribution in [0.2, 0.25) is 0 Å². The molecular formula is C16H21N3O2S. The molecule has 22 heavy (non-hydrogen) atoms. The molecule has 118 valence electrons. The highest BCUT2D eigenvalue weighted by molar-refractivity contribution is 7.09. The van der Waals surface area contributed by atoms with Crippen molar-refractivity contribution in [1.29, 1.82) is 0 Å². The molecule has 1 saturated heterocycles. The first kappa shape index (κ1) is 15.2. The van der Waals surface area contributed by atoms with Crippen LogP contribution in [0.3, 0.4) is 0 Å². The number of hydrogen-bond donors (Lipinski definition) is 0. The van der Waals surface area contributed by atoms with Gasteiger partial charge in [0.1, 0.15) is 11.5 Å². The molecule has 0 spiro atoms. The number of hydrogen-bond acceptors (Lipinski definition) is 5. The summed E-state index contributed by atoms with van der Waals surface area (Å²) in [7, 11) is 0. The van der Waals surface area contributed by atoms with Crippen LogP contribution in [0.25, 0.3) is 0 Å². The first-order valence-electron chi connectivity index (χ1n) is 7.80. The molecule has 1 aliphatic rings. The molecule has 0 aliphatic carbocycles. The minimum absolute atomic E-state index is 0.0288. The highest BCUT2D eigenvalue weighted by Gasteiger charge is 2.35. The first-order valence-corrected chi connectivity index (χ1v) is 8.68. The van der Waals surface area contributed by atoms with E-state index in [-0.39, 0.29) is 11.9 Å². The molecule has 3 rings (SSSR count). The average molecular weight is 319 g/mol. The molecule has 0 N–H and O–H groups in total. The third-order valence-electron chi connectivity index (χ3n) is 4.17. The molecule has 0 bridgehead atoms. The fourth-order valence-electron chi connectivity index (χ4n) is 3.16. The third kappa shape index (κ3) is 2.67. The maximum absolute atomic E-state index is 12.8. The number of likely N-dealkylation sites (tertiary alicyclic amines) is 1. The fraction of sp³-hybridized carbons (Fsp3) is 0.562. The van der Waals surface area contributed by atoms with Gasteiger partial charge in [-0.05, 0) is 39.5 Å². The van der Waals surface area contributed by atoms with Gasteiger partial charge in [0, 0.05) is 17.5 Å².